The number of hydrogen-bond acceptors (Lipinski definition) is 6. The number of nitrogens with zero attached hydrogens (tertiary/aromatic N) is 1. The predicted molar refractivity (Wildman–Crippen MR) is 126 cm³/mol. The van der Waals surface area contributed by atoms with Gasteiger partial charge in [0.15, 0.2) is 11.5 Å². The molecule has 2 aromatic rings. The van der Waals surface area contributed by atoms with Crippen molar-refractivity contribution in [2.75, 3.05) is 26.4 Å². The molecule has 0 N–H and O–H groups in total. The predicted octanol–water partition coefficient (Wildman–Crippen LogP) is 5.42. The molecule has 0 spiro atoms. The van der Waals surface area contributed by atoms with Crippen molar-refractivity contribution < 1.29 is 19.0 Å². The van der Waals surface area contributed by atoms with Crippen molar-refractivity contribution in [1.29, 1.82) is 0 Å². The molecule has 5 nitrogen and oxygen atoms in total. The fraction of sp³-hybridized carbons (Fsp3) is 0.273. The van der Waals surface area contributed by atoms with Crippen molar-refractivity contribution >= 4 is 51.9 Å². The van der Waals surface area contributed by atoms with Crippen molar-refractivity contribution in [3.63, 3.8) is 0 Å². The summed E-state index contributed by atoms with van der Waals surface area (Å²) in [5.41, 5.74) is 0.842. The second-order valence-electron chi connectivity index (χ2n) is 6.19. The van der Waals surface area contributed by atoms with Crippen LogP contribution >= 0.6 is 35.6 Å². The average Bonchev–Trinajstić information content (AvgIpc) is 3.00. The molecule has 1 aliphatic rings. The molecule has 8 heteroatoms. The first-order chi connectivity index (χ1) is 14.5. The van der Waals surface area contributed by atoms with Crippen LogP contribution in [0.2, 0.25) is 5.02 Å². The highest BCUT2D eigenvalue weighted by molar-refractivity contribution is 8.26. The minimum Gasteiger partial charge on any atom is -0.490 e. The lowest BCUT2D eigenvalue weighted by atomic mass is 10.2. The Hall–Kier alpha value is -2.22. The molecule has 2 aromatic carbocycles. The molecular formula is C22H22ClNO4S2. The van der Waals surface area contributed by atoms with Gasteiger partial charge in [-0.05, 0) is 49.8 Å². The number of thioether (sulfide) groups is 1. The zero-order valence-corrected chi connectivity index (χ0v) is 19.1. The van der Waals surface area contributed by atoms with Crippen molar-refractivity contribution in [3.05, 3.63) is 58.0 Å². The molecule has 30 heavy (non-hydrogen) atoms. The number of halogens is 1. The Balaban J connectivity index is 1.66. The lowest BCUT2D eigenvalue weighted by Crippen LogP contribution is -2.27. The summed E-state index contributed by atoms with van der Waals surface area (Å²) in [4.78, 5) is 14.6. The van der Waals surface area contributed by atoms with Gasteiger partial charge in [-0.25, -0.2) is 0 Å². The van der Waals surface area contributed by atoms with Crippen molar-refractivity contribution in [2.24, 2.45) is 0 Å². The number of thiocarbonyl (C=S) groups is 1. The summed E-state index contributed by atoms with van der Waals surface area (Å²) in [5, 5.41) is 0.561. The maximum Gasteiger partial charge on any atom is 0.266 e. The van der Waals surface area contributed by atoms with Crippen LogP contribution in [0.3, 0.4) is 0 Å². The van der Waals surface area contributed by atoms with Crippen LogP contribution in [0, 0.1) is 0 Å². The largest absolute Gasteiger partial charge is 0.490 e. The first-order valence-corrected chi connectivity index (χ1v) is 11.2. The van der Waals surface area contributed by atoms with E-state index in [1.807, 2.05) is 56.3 Å². The van der Waals surface area contributed by atoms with E-state index in [0.29, 0.717) is 57.9 Å². The van der Waals surface area contributed by atoms with Gasteiger partial charge in [0.2, 0.25) is 0 Å². The highest BCUT2D eigenvalue weighted by Gasteiger charge is 2.30. The molecular weight excluding hydrogens is 442 g/mol. The van der Waals surface area contributed by atoms with Gasteiger partial charge in [0.25, 0.3) is 5.91 Å². The van der Waals surface area contributed by atoms with E-state index >= 15 is 0 Å². The summed E-state index contributed by atoms with van der Waals surface area (Å²) >= 11 is 12.7. The maximum atomic E-state index is 12.4. The van der Waals surface area contributed by atoms with Crippen molar-refractivity contribution in [2.45, 2.75) is 13.8 Å². The Morgan fingerprint density at radius 2 is 1.77 bits per heavy atom. The summed E-state index contributed by atoms with van der Waals surface area (Å²) in [5.74, 6) is 1.77. The van der Waals surface area contributed by atoms with E-state index in [4.69, 9.17) is 38.0 Å². The fourth-order valence-corrected chi connectivity index (χ4v) is 4.37. The zero-order chi connectivity index (χ0) is 21.5. The van der Waals surface area contributed by atoms with Gasteiger partial charge in [-0.15, -0.1) is 0 Å². The SMILES string of the molecule is CCOc1cc(C=C2SC(=S)N(CC)C2=O)ccc1OCCOc1ccccc1Cl. The van der Waals surface area contributed by atoms with Crippen LogP contribution in [-0.4, -0.2) is 41.5 Å². The van der Waals surface area contributed by atoms with Crippen molar-refractivity contribution in [3.8, 4) is 17.2 Å². The topological polar surface area (TPSA) is 48.0 Å². The number of ether oxygens (including phenoxy) is 3. The molecule has 0 unspecified atom stereocenters. The Morgan fingerprint density at radius 3 is 2.43 bits per heavy atom. The molecule has 1 aliphatic heterocycles. The minimum absolute atomic E-state index is 0.0671. The van der Waals surface area contributed by atoms with Gasteiger partial charge in [-0.3, -0.25) is 9.69 Å². The second-order valence-corrected chi connectivity index (χ2v) is 8.28. The summed E-state index contributed by atoms with van der Waals surface area (Å²) in [6, 6.07) is 12.9. The highest BCUT2D eigenvalue weighted by atomic mass is 35.5. The molecule has 3 rings (SSSR count). The van der Waals surface area contributed by atoms with Gasteiger partial charge in [0.1, 0.15) is 23.3 Å². The van der Waals surface area contributed by atoms with E-state index in [-0.39, 0.29) is 5.91 Å². The molecule has 1 heterocycles. The van der Waals surface area contributed by atoms with Crippen LogP contribution in [-0.2, 0) is 4.79 Å². The third kappa shape index (κ3) is 5.47. The third-order valence-electron chi connectivity index (χ3n) is 4.19. The summed E-state index contributed by atoms with van der Waals surface area (Å²) in [7, 11) is 0. The molecule has 1 fully saturated rings. The van der Waals surface area contributed by atoms with Gasteiger partial charge in [-0.1, -0.05) is 53.8 Å². The molecule has 1 saturated heterocycles. The monoisotopic (exact) mass is 463 g/mol. The van der Waals surface area contributed by atoms with Gasteiger partial charge >= 0.3 is 0 Å². The van der Waals surface area contributed by atoms with Crippen LogP contribution in [0.15, 0.2) is 47.4 Å². The standard InChI is InChI=1S/C22H22ClNO4S2/c1-3-24-21(25)20(30-22(24)29)14-15-9-10-18(19(13-15)26-4-2)28-12-11-27-17-8-6-5-7-16(17)23/h5-10,13-14H,3-4,11-12H2,1-2H3. The molecule has 158 valence electrons. The van der Waals surface area contributed by atoms with Gasteiger partial charge in [0, 0.05) is 6.54 Å². The lowest BCUT2D eigenvalue weighted by molar-refractivity contribution is -0.121. The van der Waals surface area contributed by atoms with Crippen LogP contribution in [0.1, 0.15) is 19.4 Å². The number of carbonyl (C=O) groups is 1. The Kier molecular flexibility index (Phi) is 8.01. The summed E-state index contributed by atoms with van der Waals surface area (Å²) < 4.78 is 17.8. The minimum atomic E-state index is -0.0671. The van der Waals surface area contributed by atoms with Gasteiger partial charge in [0.05, 0.1) is 16.5 Å². The molecule has 0 atom stereocenters. The molecule has 1 amide bonds. The Bertz CT molecular complexity index is 964. The van der Waals surface area contributed by atoms with E-state index in [1.165, 1.54) is 11.8 Å². The molecule has 0 bridgehead atoms. The normalized spacial score (nSPS) is 15.0. The summed E-state index contributed by atoms with van der Waals surface area (Å²) in [6.07, 6.45) is 1.82. The lowest BCUT2D eigenvalue weighted by Gasteiger charge is -2.13. The molecule has 0 aliphatic carbocycles. The second kappa shape index (κ2) is 10.7. The fourth-order valence-electron chi connectivity index (χ4n) is 2.79. The smallest absolute Gasteiger partial charge is 0.266 e. The van der Waals surface area contributed by atoms with Crippen molar-refractivity contribution in [1.82, 2.24) is 4.90 Å². The van der Waals surface area contributed by atoms with Crippen LogP contribution in [0.4, 0.5) is 0 Å². The zero-order valence-electron chi connectivity index (χ0n) is 16.7. The van der Waals surface area contributed by atoms with E-state index in [9.17, 15) is 4.79 Å². The number of amides is 1. The first-order valence-electron chi connectivity index (χ1n) is 9.55. The molecule has 0 aromatic heterocycles. The number of carbonyl (C=O) groups excluding carboxylic acids is 1. The van der Waals surface area contributed by atoms with Crippen LogP contribution < -0.4 is 14.2 Å². The third-order valence-corrected chi connectivity index (χ3v) is 5.88. The Morgan fingerprint density at radius 1 is 1.03 bits per heavy atom. The number of hydrogen-bond donors (Lipinski definition) is 0. The molecule has 0 saturated carbocycles. The maximum absolute atomic E-state index is 12.4. The van der Waals surface area contributed by atoms with Gasteiger partial charge in [-0.2, -0.15) is 0 Å². The first kappa shape index (κ1) is 22.5. The highest BCUT2D eigenvalue weighted by Crippen LogP contribution is 2.34. The van der Waals surface area contributed by atoms with Crippen LogP contribution in [0.25, 0.3) is 6.08 Å². The number of benzene rings is 2. The van der Waals surface area contributed by atoms with E-state index in [1.54, 1.807) is 11.0 Å². The Labute approximate surface area is 190 Å². The summed E-state index contributed by atoms with van der Waals surface area (Å²) in [6.45, 7) is 5.55. The van der Waals surface area contributed by atoms with E-state index in [0.717, 1.165) is 5.56 Å². The average molecular weight is 464 g/mol. The quantitative estimate of drug-likeness (QED) is 0.281. The molecule has 0 radical (unpaired) electrons. The van der Waals surface area contributed by atoms with E-state index < -0.39 is 0 Å². The van der Waals surface area contributed by atoms with E-state index in [2.05, 4.69) is 0 Å². The van der Waals surface area contributed by atoms with Crippen LogP contribution in [0.5, 0.6) is 17.2 Å². The number of likely N-dealkylation sites (N-methyl/N-ethyl adjacent to an activating group) is 1. The number of para-hydroxylation sites is 1. The number of rotatable bonds is 9. The van der Waals surface area contributed by atoms with Gasteiger partial charge < -0.3 is 14.2 Å².